The largest absolute Gasteiger partial charge is 0.480 e. The van der Waals surface area contributed by atoms with Gasteiger partial charge in [0.15, 0.2) is 11.9 Å². The lowest BCUT2D eigenvalue weighted by Crippen LogP contribution is -2.40. The molecule has 154 valence electrons. The average molecular weight is 396 g/mol. The minimum Gasteiger partial charge on any atom is -0.480 e. The maximum absolute atomic E-state index is 12.7. The lowest BCUT2D eigenvalue weighted by atomic mass is 10.0. The summed E-state index contributed by atoms with van der Waals surface area (Å²) in [6.45, 7) is 2.17. The molecule has 29 heavy (non-hydrogen) atoms. The fraction of sp³-hybridized carbons (Fsp3) is 0.524. The number of aromatic nitrogens is 3. The summed E-state index contributed by atoms with van der Waals surface area (Å²) in [5.74, 6) is 2.52. The number of hydrogen-bond acceptors (Lipinski definition) is 7. The second kappa shape index (κ2) is 8.63. The molecular weight excluding hydrogens is 368 g/mol. The van der Waals surface area contributed by atoms with Crippen molar-refractivity contribution in [3.63, 3.8) is 0 Å². The van der Waals surface area contributed by atoms with Gasteiger partial charge in [0.2, 0.25) is 11.9 Å². The Hall–Kier alpha value is -2.90. The summed E-state index contributed by atoms with van der Waals surface area (Å²) < 4.78 is 5.88. The van der Waals surface area contributed by atoms with Crippen LogP contribution < -0.4 is 19.9 Å². The molecular formula is C21H28N6O2. The highest BCUT2D eigenvalue weighted by molar-refractivity contribution is 5.81. The van der Waals surface area contributed by atoms with Crippen molar-refractivity contribution in [2.75, 3.05) is 37.0 Å². The molecule has 1 atom stereocenters. The summed E-state index contributed by atoms with van der Waals surface area (Å²) in [6, 6.07) is 7.87. The number of aryl methyl sites for hydroxylation is 1. The highest BCUT2D eigenvalue weighted by atomic mass is 16.5. The monoisotopic (exact) mass is 396 g/mol. The van der Waals surface area contributed by atoms with Gasteiger partial charge >= 0.3 is 0 Å². The predicted molar refractivity (Wildman–Crippen MR) is 111 cm³/mol. The van der Waals surface area contributed by atoms with Crippen molar-refractivity contribution < 1.29 is 9.53 Å². The van der Waals surface area contributed by atoms with Gasteiger partial charge in [-0.3, -0.25) is 4.79 Å². The van der Waals surface area contributed by atoms with Gasteiger partial charge in [-0.05, 0) is 43.7 Å². The van der Waals surface area contributed by atoms with Crippen LogP contribution in [0.5, 0.6) is 5.75 Å². The molecule has 1 aromatic heterocycles. The number of hydrogen-bond donors (Lipinski definition) is 1. The molecule has 2 aliphatic rings. The van der Waals surface area contributed by atoms with E-state index in [1.54, 1.807) is 0 Å². The van der Waals surface area contributed by atoms with E-state index in [0.717, 1.165) is 43.7 Å². The normalized spacial score (nSPS) is 18.6. The van der Waals surface area contributed by atoms with Gasteiger partial charge in [-0.25, -0.2) is 0 Å². The molecule has 0 radical (unpaired) electrons. The molecule has 0 bridgehead atoms. The van der Waals surface area contributed by atoms with Crippen molar-refractivity contribution in [3.05, 3.63) is 35.7 Å². The Morgan fingerprint density at radius 1 is 1.17 bits per heavy atom. The van der Waals surface area contributed by atoms with E-state index in [4.69, 9.17) is 4.74 Å². The van der Waals surface area contributed by atoms with Crippen LogP contribution in [0, 0.1) is 0 Å². The fourth-order valence-corrected chi connectivity index (χ4v) is 3.70. The molecule has 2 aromatic rings. The number of nitrogens with zero attached hydrogens (tertiary/aromatic N) is 5. The minimum absolute atomic E-state index is 0.133. The van der Waals surface area contributed by atoms with Crippen molar-refractivity contribution in [2.24, 2.45) is 0 Å². The molecule has 4 rings (SSSR count). The second-order valence-electron chi connectivity index (χ2n) is 7.76. The lowest BCUT2D eigenvalue weighted by Gasteiger charge is -2.27. The maximum Gasteiger partial charge on any atom is 0.261 e. The van der Waals surface area contributed by atoms with Gasteiger partial charge in [-0.15, -0.1) is 0 Å². The summed E-state index contributed by atoms with van der Waals surface area (Å²) in [4.78, 5) is 30.4. The standard InChI is InChI=1S/C21H28N6O2/c1-26(2)20-23-18(24-21(25-20)27-12-6-3-7-13-27)14-22-19(28)17-11-10-15-8-4-5-9-16(15)29-17/h4-5,8-9,17H,3,6-7,10-14H2,1-2H3,(H,22,28). The van der Waals surface area contributed by atoms with Crippen LogP contribution in [0.2, 0.25) is 0 Å². The SMILES string of the molecule is CN(C)c1nc(CNC(=O)C2CCc3ccccc3O2)nc(N2CCCCC2)n1. The highest BCUT2D eigenvalue weighted by Gasteiger charge is 2.26. The van der Waals surface area contributed by atoms with Crippen LogP contribution in [0.4, 0.5) is 11.9 Å². The zero-order valence-electron chi connectivity index (χ0n) is 17.1. The highest BCUT2D eigenvalue weighted by Crippen LogP contribution is 2.27. The Balaban J connectivity index is 1.43. The van der Waals surface area contributed by atoms with E-state index in [1.807, 2.05) is 43.3 Å². The first-order valence-corrected chi connectivity index (χ1v) is 10.3. The number of amides is 1. The van der Waals surface area contributed by atoms with Gasteiger partial charge in [0.1, 0.15) is 5.75 Å². The first kappa shape index (κ1) is 19.4. The van der Waals surface area contributed by atoms with Crippen LogP contribution in [0.1, 0.15) is 37.1 Å². The molecule has 0 saturated carbocycles. The van der Waals surface area contributed by atoms with Crippen molar-refractivity contribution in [1.29, 1.82) is 0 Å². The minimum atomic E-state index is -0.485. The predicted octanol–water partition coefficient (Wildman–Crippen LogP) is 1.94. The van der Waals surface area contributed by atoms with Gasteiger partial charge < -0.3 is 19.9 Å². The number of piperidine rings is 1. The summed E-state index contributed by atoms with van der Waals surface area (Å²) in [5, 5.41) is 2.94. The zero-order valence-corrected chi connectivity index (χ0v) is 17.1. The number of benzene rings is 1. The van der Waals surface area contributed by atoms with E-state index in [2.05, 4.69) is 25.2 Å². The van der Waals surface area contributed by atoms with Gasteiger partial charge in [-0.2, -0.15) is 15.0 Å². The number of anilines is 2. The molecule has 1 saturated heterocycles. The molecule has 1 fully saturated rings. The van der Waals surface area contributed by atoms with Crippen molar-refractivity contribution >= 4 is 17.8 Å². The maximum atomic E-state index is 12.7. The number of nitrogens with one attached hydrogen (secondary N) is 1. The number of carbonyl (C=O) groups is 1. The number of ether oxygens (including phenoxy) is 1. The molecule has 2 aliphatic heterocycles. The third-order valence-corrected chi connectivity index (χ3v) is 5.33. The number of para-hydroxylation sites is 1. The lowest BCUT2D eigenvalue weighted by molar-refractivity contribution is -0.128. The number of fused-ring (bicyclic) bond motifs is 1. The summed E-state index contributed by atoms with van der Waals surface area (Å²) >= 11 is 0. The van der Waals surface area contributed by atoms with Gasteiger partial charge in [0.25, 0.3) is 5.91 Å². The Morgan fingerprint density at radius 3 is 2.76 bits per heavy atom. The molecule has 1 amide bonds. The third-order valence-electron chi connectivity index (χ3n) is 5.33. The van der Waals surface area contributed by atoms with Crippen LogP contribution >= 0.6 is 0 Å². The number of rotatable bonds is 5. The molecule has 0 spiro atoms. The third kappa shape index (κ3) is 4.58. The molecule has 3 heterocycles. The first-order valence-electron chi connectivity index (χ1n) is 10.3. The molecule has 1 N–H and O–H groups in total. The van der Waals surface area contributed by atoms with Crippen LogP contribution in [-0.2, 0) is 17.8 Å². The van der Waals surface area contributed by atoms with Crippen LogP contribution in [0.3, 0.4) is 0 Å². The Bertz CT molecular complexity index is 866. The smallest absolute Gasteiger partial charge is 0.261 e. The van der Waals surface area contributed by atoms with Crippen molar-refractivity contribution in [2.45, 2.75) is 44.8 Å². The van der Waals surface area contributed by atoms with Crippen LogP contribution in [0.25, 0.3) is 0 Å². The van der Waals surface area contributed by atoms with Gasteiger partial charge in [0.05, 0.1) is 6.54 Å². The fourth-order valence-electron chi connectivity index (χ4n) is 3.70. The average Bonchev–Trinajstić information content (AvgIpc) is 2.77. The van der Waals surface area contributed by atoms with Gasteiger partial charge in [-0.1, -0.05) is 18.2 Å². The molecule has 1 unspecified atom stereocenters. The Labute approximate surface area is 171 Å². The molecule has 1 aromatic carbocycles. The van der Waals surface area contributed by atoms with Crippen LogP contribution in [0.15, 0.2) is 24.3 Å². The quantitative estimate of drug-likeness (QED) is 0.827. The Morgan fingerprint density at radius 2 is 1.97 bits per heavy atom. The molecule has 8 heteroatoms. The van der Waals surface area contributed by atoms with Gasteiger partial charge in [0, 0.05) is 27.2 Å². The summed E-state index contributed by atoms with van der Waals surface area (Å²) in [7, 11) is 3.82. The Kier molecular flexibility index (Phi) is 5.78. The first-order chi connectivity index (χ1) is 14.1. The van der Waals surface area contributed by atoms with E-state index >= 15 is 0 Å². The van der Waals surface area contributed by atoms with E-state index in [-0.39, 0.29) is 12.5 Å². The zero-order chi connectivity index (χ0) is 20.2. The van der Waals surface area contributed by atoms with E-state index < -0.39 is 6.10 Å². The van der Waals surface area contributed by atoms with E-state index in [0.29, 0.717) is 24.1 Å². The van der Waals surface area contributed by atoms with Crippen molar-refractivity contribution in [1.82, 2.24) is 20.3 Å². The molecule has 8 nitrogen and oxygen atoms in total. The van der Waals surface area contributed by atoms with E-state index in [9.17, 15) is 4.79 Å². The molecule has 0 aliphatic carbocycles. The summed E-state index contributed by atoms with van der Waals surface area (Å²) in [6.07, 6.45) is 4.56. The number of carbonyl (C=O) groups excluding carboxylic acids is 1. The van der Waals surface area contributed by atoms with E-state index in [1.165, 1.54) is 6.42 Å². The topological polar surface area (TPSA) is 83.5 Å². The van der Waals surface area contributed by atoms with Crippen molar-refractivity contribution in [3.8, 4) is 5.75 Å². The summed E-state index contributed by atoms with van der Waals surface area (Å²) in [5.41, 5.74) is 1.15. The second-order valence-corrected chi connectivity index (χ2v) is 7.76. The van der Waals surface area contributed by atoms with Crippen LogP contribution in [-0.4, -0.2) is 54.1 Å².